The van der Waals surface area contributed by atoms with Gasteiger partial charge in [0.05, 0.1) is 29.3 Å². The Bertz CT molecular complexity index is 1400. The fourth-order valence-electron chi connectivity index (χ4n) is 5.23. The van der Waals surface area contributed by atoms with Crippen molar-refractivity contribution in [1.29, 1.82) is 0 Å². The number of esters is 2. The number of hydrogen-bond acceptors (Lipinski definition) is 7. The summed E-state index contributed by atoms with van der Waals surface area (Å²) in [6, 6.07) is 18.0. The highest BCUT2D eigenvalue weighted by atomic mass is 16.6. The fraction of sp³-hybridized carbons (Fsp3) is 0.487. The summed E-state index contributed by atoms with van der Waals surface area (Å²) in [4.78, 5) is 36.9. The standard InChI is InChI=1S/C39H51NO7/c1-4-6-7-8-9-10-11-12-13-14-15-18-27-45-37-26-23-32(28-36(37)40(43)44)38(41)47-33-24-21-31(22-25-33)34-19-16-17-20-35(34)39(42)46-29-30(3)5-2/h16-17,19-26,28,30H,4-15,18,27,29H2,1-3H3. The Morgan fingerprint density at radius 2 is 1.38 bits per heavy atom. The number of carbonyl (C=O) groups excluding carboxylic acids is 2. The highest BCUT2D eigenvalue weighted by Gasteiger charge is 2.20. The van der Waals surface area contributed by atoms with Gasteiger partial charge in [-0.05, 0) is 53.8 Å². The average Bonchev–Trinajstić information content (AvgIpc) is 3.09. The van der Waals surface area contributed by atoms with Gasteiger partial charge in [-0.3, -0.25) is 10.1 Å². The lowest BCUT2D eigenvalue weighted by Gasteiger charge is -2.13. The molecule has 8 heteroatoms. The van der Waals surface area contributed by atoms with Crippen molar-refractivity contribution in [2.45, 2.75) is 104 Å². The zero-order valence-corrected chi connectivity index (χ0v) is 28.3. The van der Waals surface area contributed by atoms with Gasteiger partial charge in [-0.2, -0.15) is 0 Å². The lowest BCUT2D eigenvalue weighted by atomic mass is 9.99. The van der Waals surface area contributed by atoms with Gasteiger partial charge in [-0.25, -0.2) is 9.59 Å². The van der Waals surface area contributed by atoms with Gasteiger partial charge in [0.25, 0.3) is 0 Å². The van der Waals surface area contributed by atoms with Gasteiger partial charge in [0.2, 0.25) is 0 Å². The maximum Gasteiger partial charge on any atom is 0.343 e. The summed E-state index contributed by atoms with van der Waals surface area (Å²) in [7, 11) is 0. The van der Waals surface area contributed by atoms with Crippen LogP contribution in [0, 0.1) is 16.0 Å². The van der Waals surface area contributed by atoms with Crippen molar-refractivity contribution in [1.82, 2.24) is 0 Å². The molecule has 0 bridgehead atoms. The summed E-state index contributed by atoms with van der Waals surface area (Å²) in [6.07, 6.45) is 15.6. The van der Waals surface area contributed by atoms with Gasteiger partial charge in [0.15, 0.2) is 5.75 Å². The molecule has 3 aromatic carbocycles. The Balaban J connectivity index is 1.48. The van der Waals surface area contributed by atoms with Crippen molar-refractivity contribution in [3.63, 3.8) is 0 Å². The first-order valence-corrected chi connectivity index (χ1v) is 17.3. The Morgan fingerprint density at radius 1 is 0.766 bits per heavy atom. The molecule has 47 heavy (non-hydrogen) atoms. The van der Waals surface area contributed by atoms with Crippen LogP contribution in [0.3, 0.4) is 0 Å². The molecule has 0 spiro atoms. The summed E-state index contributed by atoms with van der Waals surface area (Å²) in [5.41, 5.74) is 1.69. The van der Waals surface area contributed by atoms with Crippen LogP contribution in [0.2, 0.25) is 0 Å². The minimum atomic E-state index is -0.720. The van der Waals surface area contributed by atoms with Crippen LogP contribution in [0.25, 0.3) is 11.1 Å². The molecule has 0 heterocycles. The first kappa shape index (κ1) is 37.3. The van der Waals surface area contributed by atoms with Crippen molar-refractivity contribution < 1.29 is 28.7 Å². The van der Waals surface area contributed by atoms with Gasteiger partial charge >= 0.3 is 17.6 Å². The molecule has 1 unspecified atom stereocenters. The normalized spacial score (nSPS) is 11.6. The van der Waals surface area contributed by atoms with Crippen LogP contribution in [-0.4, -0.2) is 30.1 Å². The molecule has 1 atom stereocenters. The van der Waals surface area contributed by atoms with Crippen molar-refractivity contribution >= 4 is 17.6 Å². The molecule has 0 aliphatic rings. The molecule has 0 saturated heterocycles. The highest BCUT2D eigenvalue weighted by molar-refractivity contribution is 5.97. The molecule has 0 radical (unpaired) electrons. The number of nitrogens with zero attached hydrogens (tertiary/aromatic N) is 1. The van der Waals surface area contributed by atoms with E-state index in [1.165, 1.54) is 76.0 Å². The molecule has 0 saturated carbocycles. The Hall–Kier alpha value is -4.20. The molecule has 3 aromatic rings. The maximum absolute atomic E-state index is 12.9. The molecule has 254 valence electrons. The highest BCUT2D eigenvalue weighted by Crippen LogP contribution is 2.30. The van der Waals surface area contributed by atoms with E-state index in [2.05, 4.69) is 6.92 Å². The quantitative estimate of drug-likeness (QED) is 0.0352. The van der Waals surface area contributed by atoms with E-state index in [-0.39, 0.29) is 34.6 Å². The van der Waals surface area contributed by atoms with E-state index in [9.17, 15) is 19.7 Å². The summed E-state index contributed by atoms with van der Waals surface area (Å²) in [6.45, 7) is 7.05. The zero-order valence-electron chi connectivity index (χ0n) is 28.3. The van der Waals surface area contributed by atoms with Crippen molar-refractivity contribution in [2.24, 2.45) is 5.92 Å². The van der Waals surface area contributed by atoms with Gasteiger partial charge < -0.3 is 14.2 Å². The van der Waals surface area contributed by atoms with E-state index in [4.69, 9.17) is 14.2 Å². The lowest BCUT2D eigenvalue weighted by Crippen LogP contribution is -2.12. The predicted octanol–water partition coefficient (Wildman–Crippen LogP) is 10.8. The summed E-state index contributed by atoms with van der Waals surface area (Å²) in [5.74, 6) is -0.429. The minimum absolute atomic E-state index is 0.0490. The van der Waals surface area contributed by atoms with Crippen LogP contribution in [0.5, 0.6) is 11.5 Å². The summed E-state index contributed by atoms with van der Waals surface area (Å²) in [5, 5.41) is 11.8. The molecule has 0 amide bonds. The molecular formula is C39H51NO7. The van der Waals surface area contributed by atoms with Crippen LogP contribution < -0.4 is 9.47 Å². The van der Waals surface area contributed by atoms with Gasteiger partial charge in [-0.15, -0.1) is 0 Å². The summed E-state index contributed by atoms with van der Waals surface area (Å²) >= 11 is 0. The molecule has 0 aromatic heterocycles. The second-order valence-corrected chi connectivity index (χ2v) is 12.2. The van der Waals surface area contributed by atoms with Crippen LogP contribution in [0.15, 0.2) is 66.7 Å². The van der Waals surface area contributed by atoms with E-state index < -0.39 is 10.9 Å². The molecule has 0 aliphatic carbocycles. The topological polar surface area (TPSA) is 105 Å². The second-order valence-electron chi connectivity index (χ2n) is 12.2. The van der Waals surface area contributed by atoms with Gasteiger partial charge in [-0.1, -0.05) is 128 Å². The fourth-order valence-corrected chi connectivity index (χ4v) is 5.23. The smallest absolute Gasteiger partial charge is 0.343 e. The van der Waals surface area contributed by atoms with Gasteiger partial charge in [0, 0.05) is 6.07 Å². The van der Waals surface area contributed by atoms with E-state index in [0.717, 1.165) is 31.2 Å². The number of hydrogen-bond donors (Lipinski definition) is 0. The van der Waals surface area contributed by atoms with Crippen molar-refractivity contribution in [3.8, 4) is 22.6 Å². The van der Waals surface area contributed by atoms with Crippen molar-refractivity contribution in [3.05, 3.63) is 88.0 Å². The maximum atomic E-state index is 12.9. The first-order chi connectivity index (χ1) is 22.8. The molecule has 0 aliphatic heterocycles. The molecule has 0 fully saturated rings. The van der Waals surface area contributed by atoms with Crippen LogP contribution in [0.1, 0.15) is 125 Å². The largest absolute Gasteiger partial charge is 0.487 e. The Kier molecular flexibility index (Phi) is 16.5. The monoisotopic (exact) mass is 645 g/mol. The van der Waals surface area contributed by atoms with E-state index in [1.807, 2.05) is 26.0 Å². The first-order valence-electron chi connectivity index (χ1n) is 17.3. The number of carbonyl (C=O) groups is 2. The number of benzene rings is 3. The molecule has 0 N–H and O–H groups in total. The van der Waals surface area contributed by atoms with Crippen LogP contribution >= 0.6 is 0 Å². The van der Waals surface area contributed by atoms with E-state index in [0.29, 0.717) is 24.3 Å². The third-order valence-electron chi connectivity index (χ3n) is 8.37. The summed E-state index contributed by atoms with van der Waals surface area (Å²) < 4.78 is 16.7. The number of nitro benzene ring substituents is 1. The number of nitro groups is 1. The zero-order chi connectivity index (χ0) is 33.9. The van der Waals surface area contributed by atoms with E-state index >= 15 is 0 Å². The number of ether oxygens (including phenoxy) is 3. The van der Waals surface area contributed by atoms with Crippen molar-refractivity contribution in [2.75, 3.05) is 13.2 Å². The van der Waals surface area contributed by atoms with Gasteiger partial charge in [0.1, 0.15) is 5.75 Å². The number of rotatable bonds is 22. The van der Waals surface area contributed by atoms with Crippen LogP contribution in [0.4, 0.5) is 5.69 Å². The molecular weight excluding hydrogens is 594 g/mol. The molecule has 8 nitrogen and oxygen atoms in total. The SMILES string of the molecule is CCCCCCCCCCCCCCOc1ccc(C(=O)Oc2ccc(-c3ccccc3C(=O)OCC(C)CC)cc2)cc1[N+](=O)[O-]. The lowest BCUT2D eigenvalue weighted by molar-refractivity contribution is -0.385. The Morgan fingerprint density at radius 3 is 2.00 bits per heavy atom. The van der Waals surface area contributed by atoms with E-state index in [1.54, 1.807) is 36.4 Å². The average molecular weight is 646 g/mol. The minimum Gasteiger partial charge on any atom is -0.487 e. The predicted molar refractivity (Wildman–Crippen MR) is 186 cm³/mol. The second kappa shape index (κ2) is 20.8. The number of unbranched alkanes of at least 4 members (excludes halogenated alkanes) is 11. The Labute approximate surface area is 280 Å². The molecule has 3 rings (SSSR count). The van der Waals surface area contributed by atoms with Crippen LogP contribution in [-0.2, 0) is 4.74 Å². The third-order valence-corrected chi connectivity index (χ3v) is 8.37. The third kappa shape index (κ3) is 12.8.